The van der Waals surface area contributed by atoms with Gasteiger partial charge in [-0.05, 0) is 49.2 Å². The molecule has 1 saturated heterocycles. The Morgan fingerprint density at radius 3 is 2.63 bits per heavy atom. The molecule has 0 spiro atoms. The summed E-state index contributed by atoms with van der Waals surface area (Å²) in [5.74, 6) is 8.92. The quantitative estimate of drug-likeness (QED) is 0.216. The van der Waals surface area contributed by atoms with Gasteiger partial charge in [0.25, 0.3) is 0 Å². The summed E-state index contributed by atoms with van der Waals surface area (Å²) >= 11 is 0. The molecule has 206 valence electrons. The van der Waals surface area contributed by atoms with Crippen LogP contribution in [0.4, 0.5) is 10.7 Å². The number of fused-ring (bicyclic) bond motifs is 1. The van der Waals surface area contributed by atoms with E-state index in [4.69, 9.17) is 9.15 Å². The Bertz CT molecular complexity index is 1040. The number of aliphatic hydroxyl groups excluding tert-OH is 1. The number of ether oxygens (including phenoxy) is 1. The first-order chi connectivity index (χ1) is 18.5. The van der Waals surface area contributed by atoms with Gasteiger partial charge < -0.3 is 24.9 Å². The van der Waals surface area contributed by atoms with Gasteiger partial charge in [0.2, 0.25) is 17.7 Å². The van der Waals surface area contributed by atoms with Gasteiger partial charge in [-0.2, -0.15) is 0 Å². The van der Waals surface area contributed by atoms with Gasteiger partial charge in [0.1, 0.15) is 12.0 Å². The molecule has 1 aliphatic heterocycles. The summed E-state index contributed by atoms with van der Waals surface area (Å²) in [7, 11) is 0. The number of furan rings is 1. The van der Waals surface area contributed by atoms with Crippen LogP contribution in [-0.4, -0.2) is 73.5 Å². The van der Waals surface area contributed by atoms with E-state index in [-0.39, 0.29) is 24.8 Å². The number of carbonyl (C=O) groups excluding carboxylic acids is 3. The van der Waals surface area contributed by atoms with Crippen LogP contribution in [0, 0.1) is 29.6 Å². The molecule has 10 heteroatoms. The molecule has 0 bridgehead atoms. The van der Waals surface area contributed by atoms with E-state index >= 15 is 0 Å². The lowest BCUT2D eigenvalue weighted by Gasteiger charge is -2.34. The summed E-state index contributed by atoms with van der Waals surface area (Å²) in [5.41, 5.74) is 0. The van der Waals surface area contributed by atoms with Gasteiger partial charge in [-0.1, -0.05) is 6.58 Å². The highest BCUT2D eigenvalue weighted by atomic mass is 16.5. The molecular formula is C28H38N4O6. The molecule has 3 amide bonds. The predicted octanol–water partition coefficient (Wildman–Crippen LogP) is 2.04. The summed E-state index contributed by atoms with van der Waals surface area (Å²) in [6.45, 7) is 5.87. The van der Waals surface area contributed by atoms with Gasteiger partial charge in [0.05, 0.1) is 13.2 Å². The van der Waals surface area contributed by atoms with Gasteiger partial charge in [-0.15, -0.1) is 11.8 Å². The topological polar surface area (TPSA) is 124 Å². The molecule has 1 aromatic rings. The van der Waals surface area contributed by atoms with Gasteiger partial charge in [0, 0.05) is 57.9 Å². The largest absolute Gasteiger partial charge is 0.449 e. The van der Waals surface area contributed by atoms with Gasteiger partial charge in [-0.25, -0.2) is 4.79 Å². The summed E-state index contributed by atoms with van der Waals surface area (Å²) in [5, 5.41) is 15.4. The molecule has 2 fully saturated rings. The normalized spacial score (nSPS) is 23.7. The summed E-state index contributed by atoms with van der Waals surface area (Å²) in [6.07, 6.45) is 5.50. The second-order valence-electron chi connectivity index (χ2n) is 10.1. The molecule has 1 saturated carbocycles. The highest BCUT2D eigenvalue weighted by Gasteiger charge is 2.49. The molecule has 2 heterocycles. The zero-order valence-corrected chi connectivity index (χ0v) is 21.8. The fourth-order valence-electron chi connectivity index (χ4n) is 5.28. The number of alkyl carbamates (subject to hydrolysis) is 1. The van der Waals surface area contributed by atoms with Crippen molar-refractivity contribution in [2.24, 2.45) is 17.8 Å². The number of nitrogens with zero attached hydrogens (tertiary/aromatic N) is 2. The van der Waals surface area contributed by atoms with Crippen LogP contribution in [-0.2, 0) is 20.7 Å². The smallest absolute Gasteiger partial charge is 0.407 e. The molecule has 3 atom stereocenters. The highest BCUT2D eigenvalue weighted by Crippen LogP contribution is 2.52. The van der Waals surface area contributed by atoms with Crippen LogP contribution < -0.4 is 15.5 Å². The Labute approximate surface area is 223 Å². The van der Waals surface area contributed by atoms with Crippen LogP contribution in [0.15, 0.2) is 29.2 Å². The van der Waals surface area contributed by atoms with Gasteiger partial charge in [0.15, 0.2) is 0 Å². The fourth-order valence-corrected chi connectivity index (χ4v) is 5.28. The van der Waals surface area contributed by atoms with Crippen molar-refractivity contribution in [3.63, 3.8) is 0 Å². The standard InChI is InChI=1S/C28H38N4O6/c1-2-25(34)31-16-17-32(26(35)18-31)27-13-11-20(38-27)10-12-24(33)29-14-7-15-30-28(36)37-19-23-21-8-5-3-4-6-9-22(21)23/h2,11,13,21-23,25,34H,1,5-10,12,14-19H2,(H,29,33)(H,30,36). The van der Waals surface area contributed by atoms with Crippen LogP contribution in [0.5, 0.6) is 0 Å². The molecule has 2 aliphatic carbocycles. The van der Waals surface area contributed by atoms with E-state index in [9.17, 15) is 19.5 Å². The Morgan fingerprint density at radius 1 is 1.18 bits per heavy atom. The van der Waals surface area contributed by atoms with Crippen molar-refractivity contribution in [2.75, 3.05) is 44.2 Å². The maximum Gasteiger partial charge on any atom is 0.407 e. The lowest BCUT2D eigenvalue weighted by molar-refractivity contribution is -0.124. The highest BCUT2D eigenvalue weighted by molar-refractivity contribution is 5.94. The maximum atomic E-state index is 12.4. The van der Waals surface area contributed by atoms with E-state index in [1.165, 1.54) is 6.08 Å². The van der Waals surface area contributed by atoms with E-state index in [2.05, 4.69) is 29.1 Å². The Morgan fingerprint density at radius 2 is 1.92 bits per heavy atom. The predicted molar refractivity (Wildman–Crippen MR) is 141 cm³/mol. The molecule has 0 radical (unpaired) electrons. The van der Waals surface area contributed by atoms with E-state index in [0.717, 1.165) is 25.7 Å². The minimum absolute atomic E-state index is 0.0789. The summed E-state index contributed by atoms with van der Waals surface area (Å²) in [6, 6.07) is 3.49. The number of carbonyl (C=O) groups is 3. The maximum absolute atomic E-state index is 12.4. The van der Waals surface area contributed by atoms with Crippen molar-refractivity contribution in [3.8, 4) is 11.8 Å². The molecular weight excluding hydrogens is 488 g/mol. The lowest BCUT2D eigenvalue weighted by Crippen LogP contribution is -2.53. The minimum Gasteiger partial charge on any atom is -0.449 e. The number of anilines is 1. The third-order valence-corrected chi connectivity index (χ3v) is 7.54. The molecule has 3 N–H and O–H groups in total. The molecule has 3 aliphatic rings. The molecule has 1 aromatic heterocycles. The number of rotatable bonds is 12. The molecule has 4 rings (SSSR count). The number of hydrogen-bond donors (Lipinski definition) is 3. The first-order valence-corrected chi connectivity index (χ1v) is 13.5. The van der Waals surface area contributed by atoms with Crippen molar-refractivity contribution in [3.05, 3.63) is 30.5 Å². The SMILES string of the molecule is C=CC(O)N1CCN(c2ccc(CCC(=O)NCCCNC(=O)OCC3C4CCC#CCCC43)o2)C(=O)C1. The number of aryl methyl sites for hydroxylation is 1. The van der Waals surface area contributed by atoms with Crippen molar-refractivity contribution in [2.45, 2.75) is 51.2 Å². The summed E-state index contributed by atoms with van der Waals surface area (Å²) < 4.78 is 11.2. The Hall–Kier alpha value is -3.29. The number of piperazine rings is 1. The van der Waals surface area contributed by atoms with Gasteiger partial charge >= 0.3 is 6.09 Å². The monoisotopic (exact) mass is 526 g/mol. The van der Waals surface area contributed by atoms with Gasteiger partial charge in [-0.3, -0.25) is 19.4 Å². The van der Waals surface area contributed by atoms with Crippen molar-refractivity contribution in [1.82, 2.24) is 15.5 Å². The molecule has 3 unspecified atom stereocenters. The second-order valence-corrected chi connectivity index (χ2v) is 10.1. The number of nitrogens with one attached hydrogen (secondary N) is 2. The minimum atomic E-state index is -0.848. The van der Waals surface area contributed by atoms with E-state index in [0.29, 0.717) is 75.0 Å². The molecule has 38 heavy (non-hydrogen) atoms. The first-order valence-electron chi connectivity index (χ1n) is 13.5. The Kier molecular flexibility index (Phi) is 9.85. The average molecular weight is 527 g/mol. The van der Waals surface area contributed by atoms with Crippen LogP contribution in [0.1, 0.15) is 44.3 Å². The van der Waals surface area contributed by atoms with E-state index < -0.39 is 12.3 Å². The lowest BCUT2D eigenvalue weighted by atomic mass is 10.1. The third-order valence-electron chi connectivity index (χ3n) is 7.54. The first kappa shape index (κ1) is 27.7. The van der Waals surface area contributed by atoms with Crippen LogP contribution in [0.25, 0.3) is 0 Å². The third kappa shape index (κ3) is 7.62. The van der Waals surface area contributed by atoms with E-state index in [1.54, 1.807) is 21.9 Å². The Balaban J connectivity index is 1.04. The number of aliphatic hydroxyl groups is 1. The van der Waals surface area contributed by atoms with Crippen LogP contribution in [0.3, 0.4) is 0 Å². The fraction of sp³-hybridized carbons (Fsp3) is 0.607. The number of hydrogen-bond acceptors (Lipinski definition) is 7. The van der Waals surface area contributed by atoms with Crippen molar-refractivity contribution >= 4 is 23.8 Å². The zero-order chi connectivity index (χ0) is 26.9. The average Bonchev–Trinajstić information content (AvgIpc) is 3.30. The van der Waals surface area contributed by atoms with Crippen molar-refractivity contribution < 1.29 is 28.6 Å². The van der Waals surface area contributed by atoms with Crippen LogP contribution in [0.2, 0.25) is 0 Å². The summed E-state index contributed by atoms with van der Waals surface area (Å²) in [4.78, 5) is 39.8. The van der Waals surface area contributed by atoms with Crippen molar-refractivity contribution in [1.29, 1.82) is 0 Å². The zero-order valence-electron chi connectivity index (χ0n) is 21.8. The van der Waals surface area contributed by atoms with Crippen LogP contribution >= 0.6 is 0 Å². The second kappa shape index (κ2) is 13.5. The van der Waals surface area contributed by atoms with E-state index in [1.807, 2.05) is 0 Å². The number of amides is 3. The molecule has 0 aromatic carbocycles. The molecule has 10 nitrogen and oxygen atoms in total.